The van der Waals surface area contributed by atoms with Gasteiger partial charge in [0.2, 0.25) is 11.8 Å². The molecule has 0 radical (unpaired) electrons. The van der Waals surface area contributed by atoms with Crippen molar-refractivity contribution in [2.45, 2.75) is 18.8 Å². The Morgan fingerprint density at radius 1 is 1.42 bits per heavy atom. The first-order valence-corrected chi connectivity index (χ1v) is 5.95. The van der Waals surface area contributed by atoms with Crippen LogP contribution in [0.2, 0.25) is 0 Å². The third-order valence-electron chi connectivity index (χ3n) is 3.31. The van der Waals surface area contributed by atoms with Gasteiger partial charge in [-0.2, -0.15) is 5.10 Å². The zero-order chi connectivity index (χ0) is 13.4. The van der Waals surface area contributed by atoms with Crippen molar-refractivity contribution in [3.63, 3.8) is 0 Å². The third kappa shape index (κ3) is 1.91. The number of pyridine rings is 1. The van der Waals surface area contributed by atoms with Crippen LogP contribution in [-0.4, -0.2) is 27.7 Å². The fourth-order valence-corrected chi connectivity index (χ4v) is 2.41. The van der Waals surface area contributed by atoms with E-state index in [1.165, 1.54) is 0 Å². The predicted molar refractivity (Wildman–Crippen MR) is 65.7 cm³/mol. The summed E-state index contributed by atoms with van der Waals surface area (Å²) >= 11 is 0. The molecule has 1 aliphatic heterocycles. The number of amides is 2. The minimum atomic E-state index is -0.420. The summed E-state index contributed by atoms with van der Waals surface area (Å²) in [5, 5.41) is 6.41. The summed E-state index contributed by atoms with van der Waals surface area (Å²) < 4.78 is 1.57. The minimum absolute atomic E-state index is 0.252. The lowest BCUT2D eigenvalue weighted by Crippen LogP contribution is -2.39. The number of imide groups is 1. The van der Waals surface area contributed by atoms with Gasteiger partial charge in [0.05, 0.1) is 11.4 Å². The molecule has 1 unspecified atom stereocenters. The fourth-order valence-electron chi connectivity index (χ4n) is 2.41. The number of carbonyl (C=O) groups is 3. The maximum Gasteiger partial charge on any atom is 0.234 e. The van der Waals surface area contributed by atoms with Crippen LogP contribution in [0.4, 0.5) is 0 Å². The molecule has 6 nitrogen and oxygen atoms in total. The lowest BCUT2D eigenvalue weighted by Gasteiger charge is -2.21. The van der Waals surface area contributed by atoms with Gasteiger partial charge in [0, 0.05) is 24.4 Å². The van der Waals surface area contributed by atoms with Crippen LogP contribution in [0.5, 0.6) is 0 Å². The number of rotatable bonds is 2. The first kappa shape index (κ1) is 11.6. The fraction of sp³-hybridized carbons (Fsp3) is 0.231. The second-order valence-corrected chi connectivity index (χ2v) is 4.51. The molecule has 1 fully saturated rings. The van der Waals surface area contributed by atoms with Crippen molar-refractivity contribution in [2.75, 3.05) is 0 Å². The smallest absolute Gasteiger partial charge is 0.234 e. The highest BCUT2D eigenvalue weighted by Crippen LogP contribution is 2.28. The number of aldehydes is 1. The van der Waals surface area contributed by atoms with Crippen molar-refractivity contribution < 1.29 is 14.4 Å². The summed E-state index contributed by atoms with van der Waals surface area (Å²) in [4.78, 5) is 34.0. The Bertz CT molecular complexity index is 689. The van der Waals surface area contributed by atoms with E-state index >= 15 is 0 Å². The Labute approximate surface area is 108 Å². The first-order chi connectivity index (χ1) is 9.19. The monoisotopic (exact) mass is 257 g/mol. The molecule has 2 amide bonds. The quantitative estimate of drug-likeness (QED) is 0.633. The van der Waals surface area contributed by atoms with E-state index in [0.29, 0.717) is 18.4 Å². The molecule has 3 rings (SSSR count). The first-order valence-electron chi connectivity index (χ1n) is 5.95. The van der Waals surface area contributed by atoms with Gasteiger partial charge in [-0.25, -0.2) is 4.52 Å². The van der Waals surface area contributed by atoms with Crippen LogP contribution in [0.3, 0.4) is 0 Å². The number of nitrogens with zero attached hydrogens (tertiary/aromatic N) is 2. The van der Waals surface area contributed by atoms with E-state index in [0.717, 1.165) is 17.4 Å². The third-order valence-corrected chi connectivity index (χ3v) is 3.31. The summed E-state index contributed by atoms with van der Waals surface area (Å²) in [5.41, 5.74) is 1.96. The summed E-state index contributed by atoms with van der Waals surface area (Å²) in [6.45, 7) is 0. The Balaban J connectivity index is 2.13. The number of aromatic nitrogens is 2. The Kier molecular flexibility index (Phi) is 2.63. The average Bonchev–Trinajstić information content (AvgIpc) is 2.86. The maximum absolute atomic E-state index is 11.9. The van der Waals surface area contributed by atoms with Gasteiger partial charge in [-0.15, -0.1) is 0 Å². The molecule has 0 aliphatic carbocycles. The molecule has 19 heavy (non-hydrogen) atoms. The molecule has 0 aromatic carbocycles. The molecule has 0 saturated carbocycles. The van der Waals surface area contributed by atoms with Crippen molar-refractivity contribution in [1.29, 1.82) is 0 Å². The average molecular weight is 257 g/mol. The number of carbonyl (C=O) groups excluding carboxylic acids is 3. The van der Waals surface area contributed by atoms with Gasteiger partial charge < -0.3 is 0 Å². The minimum Gasteiger partial charge on any atom is -0.298 e. The van der Waals surface area contributed by atoms with E-state index in [1.807, 2.05) is 0 Å². The molecule has 96 valence electrons. The van der Waals surface area contributed by atoms with Crippen LogP contribution < -0.4 is 5.32 Å². The van der Waals surface area contributed by atoms with E-state index in [2.05, 4.69) is 10.4 Å². The zero-order valence-corrected chi connectivity index (χ0v) is 10.00. The van der Waals surface area contributed by atoms with Gasteiger partial charge in [0.15, 0.2) is 6.29 Å². The highest BCUT2D eigenvalue weighted by atomic mass is 16.2. The van der Waals surface area contributed by atoms with Crippen LogP contribution in [0, 0.1) is 0 Å². The normalized spacial score (nSPS) is 19.5. The van der Waals surface area contributed by atoms with Crippen LogP contribution in [0.15, 0.2) is 24.5 Å². The Morgan fingerprint density at radius 2 is 2.26 bits per heavy atom. The predicted octanol–water partition coefficient (Wildman–Crippen LogP) is 0.667. The van der Waals surface area contributed by atoms with E-state index in [4.69, 9.17) is 0 Å². The summed E-state index contributed by atoms with van der Waals surface area (Å²) in [6.07, 6.45) is 4.70. The van der Waals surface area contributed by atoms with E-state index in [1.54, 1.807) is 29.0 Å². The maximum atomic E-state index is 11.9. The zero-order valence-electron chi connectivity index (χ0n) is 10.00. The molecule has 1 N–H and O–H groups in total. The molecular formula is C13H11N3O3. The molecule has 0 spiro atoms. The number of fused-ring (bicyclic) bond motifs is 1. The molecule has 0 bridgehead atoms. The van der Waals surface area contributed by atoms with Crippen molar-refractivity contribution in [2.24, 2.45) is 0 Å². The molecule has 1 atom stereocenters. The van der Waals surface area contributed by atoms with Crippen molar-refractivity contribution in [1.82, 2.24) is 14.9 Å². The second kappa shape index (κ2) is 4.31. The highest BCUT2D eigenvalue weighted by molar-refractivity contribution is 6.01. The summed E-state index contributed by atoms with van der Waals surface area (Å²) in [5.74, 6) is -0.989. The van der Waals surface area contributed by atoms with Crippen LogP contribution in [-0.2, 0) is 9.59 Å². The largest absolute Gasteiger partial charge is 0.298 e. The standard InChI is InChI=1S/C13H11N3O3/c17-7-8-5-10(11-3-4-14-16(11)6-8)9-1-2-12(18)15-13(9)19/h3-7,9H,1-2H2,(H,15,18,19). The lowest BCUT2D eigenvalue weighted by molar-refractivity contribution is -0.134. The molecule has 2 aromatic heterocycles. The summed E-state index contributed by atoms with van der Waals surface area (Å²) in [7, 11) is 0. The molecule has 3 heterocycles. The molecule has 2 aromatic rings. The van der Waals surface area contributed by atoms with Gasteiger partial charge in [-0.1, -0.05) is 0 Å². The van der Waals surface area contributed by atoms with Crippen molar-refractivity contribution in [3.05, 3.63) is 35.7 Å². The summed E-state index contributed by atoms with van der Waals surface area (Å²) in [6, 6.07) is 3.47. The lowest BCUT2D eigenvalue weighted by atomic mass is 9.89. The number of piperidine rings is 1. The van der Waals surface area contributed by atoms with Crippen molar-refractivity contribution >= 4 is 23.6 Å². The van der Waals surface area contributed by atoms with Gasteiger partial charge in [-0.05, 0) is 24.1 Å². The molecular weight excluding hydrogens is 246 g/mol. The molecule has 6 heteroatoms. The van der Waals surface area contributed by atoms with E-state index in [9.17, 15) is 14.4 Å². The van der Waals surface area contributed by atoms with Gasteiger partial charge in [-0.3, -0.25) is 19.7 Å². The number of hydrogen-bond donors (Lipinski definition) is 1. The number of hydrogen-bond acceptors (Lipinski definition) is 4. The van der Waals surface area contributed by atoms with Gasteiger partial charge >= 0.3 is 0 Å². The SMILES string of the molecule is O=Cc1cc(C2CCC(=O)NC2=O)c2ccnn2c1. The Morgan fingerprint density at radius 3 is 3.00 bits per heavy atom. The van der Waals surface area contributed by atoms with Crippen LogP contribution in [0.1, 0.15) is 34.7 Å². The van der Waals surface area contributed by atoms with Gasteiger partial charge in [0.1, 0.15) is 0 Å². The van der Waals surface area contributed by atoms with Crippen molar-refractivity contribution in [3.8, 4) is 0 Å². The van der Waals surface area contributed by atoms with E-state index in [-0.39, 0.29) is 11.8 Å². The van der Waals surface area contributed by atoms with Crippen LogP contribution in [0.25, 0.3) is 5.52 Å². The van der Waals surface area contributed by atoms with Gasteiger partial charge in [0.25, 0.3) is 0 Å². The second-order valence-electron chi connectivity index (χ2n) is 4.51. The topological polar surface area (TPSA) is 80.5 Å². The molecule has 1 aliphatic rings. The number of nitrogens with one attached hydrogen (secondary N) is 1. The van der Waals surface area contributed by atoms with Crippen LogP contribution >= 0.6 is 0 Å². The molecule has 1 saturated heterocycles. The van der Waals surface area contributed by atoms with E-state index < -0.39 is 5.92 Å². The Hall–Kier alpha value is -2.50. The highest BCUT2D eigenvalue weighted by Gasteiger charge is 2.29.